The zero-order chi connectivity index (χ0) is 41.3. The molecule has 3 saturated heterocycles. The first-order chi connectivity index (χ1) is 27.6. The Kier molecular flexibility index (Phi) is 17.2. The van der Waals surface area contributed by atoms with E-state index < -0.39 is 29.9 Å². The maximum atomic E-state index is 13.1. The van der Waals surface area contributed by atoms with Crippen molar-refractivity contribution in [2.75, 3.05) is 50.0 Å². The molecule has 1 saturated carbocycles. The Bertz CT molecular complexity index is 1780. The van der Waals surface area contributed by atoms with Crippen LogP contribution in [0.5, 0.6) is 0 Å². The number of H-pyrrole nitrogens is 1. The van der Waals surface area contributed by atoms with E-state index >= 15 is 0 Å². The van der Waals surface area contributed by atoms with E-state index in [1.807, 2.05) is 52.1 Å². The molecule has 5 amide bonds. The number of piperidine rings is 1. The molecule has 0 spiro atoms. The molecule has 0 bridgehead atoms. The molecule has 308 valence electrons. The Morgan fingerprint density at radius 1 is 0.860 bits per heavy atom. The first-order valence-electron chi connectivity index (χ1n) is 20.1. The second-order valence-electron chi connectivity index (χ2n) is 14.2. The van der Waals surface area contributed by atoms with Gasteiger partial charge in [0, 0.05) is 70.9 Å². The van der Waals surface area contributed by atoms with Crippen LogP contribution in [0.25, 0.3) is 0 Å². The van der Waals surface area contributed by atoms with Gasteiger partial charge in [0.25, 0.3) is 11.8 Å². The van der Waals surface area contributed by atoms with E-state index in [1.54, 1.807) is 18.3 Å². The molecule has 1 aromatic heterocycles. The highest BCUT2D eigenvalue weighted by Gasteiger charge is 2.44. The van der Waals surface area contributed by atoms with Crippen molar-refractivity contribution >= 4 is 47.5 Å². The zero-order valence-corrected chi connectivity index (χ0v) is 33.7. The molecule has 1 aliphatic carbocycles. The van der Waals surface area contributed by atoms with Gasteiger partial charge in [-0.3, -0.25) is 39.4 Å². The summed E-state index contributed by atoms with van der Waals surface area (Å²) < 4.78 is 0. The summed E-state index contributed by atoms with van der Waals surface area (Å²) in [6.07, 6.45) is 11.0. The number of aldehydes is 1. The fraction of sp³-hybridized carbons (Fsp3) is 0.500. The minimum Gasteiger partial charge on any atom is -0.465 e. The number of fused-ring (bicyclic) bond motifs is 1. The number of imide groups is 2. The third-order valence-corrected chi connectivity index (χ3v) is 10.5. The van der Waals surface area contributed by atoms with Crippen LogP contribution in [0.15, 0.2) is 54.7 Å². The van der Waals surface area contributed by atoms with Crippen LogP contribution in [0.2, 0.25) is 0 Å². The minimum absolute atomic E-state index is 0.0994. The van der Waals surface area contributed by atoms with Gasteiger partial charge in [-0.15, -0.1) is 0 Å². The Balaban J connectivity index is 0.000000263. The molecule has 15 heteroatoms. The maximum absolute atomic E-state index is 13.1. The normalized spacial score (nSPS) is 19.8. The molecule has 8 rings (SSSR count). The molecule has 2 aromatic carbocycles. The number of hydrogen-bond donors (Lipinski definition) is 4. The Labute approximate surface area is 335 Å². The summed E-state index contributed by atoms with van der Waals surface area (Å²) in [5, 5.41) is 19.9. The summed E-state index contributed by atoms with van der Waals surface area (Å²) in [5.74, 6) is -1.03. The van der Waals surface area contributed by atoms with Gasteiger partial charge < -0.3 is 25.0 Å². The number of rotatable bonds is 7. The van der Waals surface area contributed by atoms with Crippen LogP contribution in [-0.4, -0.2) is 118 Å². The largest absolute Gasteiger partial charge is 0.465 e. The number of benzene rings is 2. The molecule has 2 unspecified atom stereocenters. The lowest BCUT2D eigenvalue weighted by atomic mass is 10.0. The quantitative estimate of drug-likeness (QED) is 0.179. The molecule has 2 atom stereocenters. The van der Waals surface area contributed by atoms with Gasteiger partial charge in [0.05, 0.1) is 17.3 Å². The van der Waals surface area contributed by atoms with E-state index in [-0.39, 0.29) is 24.8 Å². The monoisotopic (exact) mass is 786 g/mol. The first-order valence-corrected chi connectivity index (χ1v) is 20.1. The van der Waals surface area contributed by atoms with Crippen molar-refractivity contribution in [3.05, 3.63) is 77.0 Å². The lowest BCUT2D eigenvalue weighted by Crippen LogP contribution is -2.54. The van der Waals surface area contributed by atoms with Gasteiger partial charge in [-0.1, -0.05) is 70.2 Å². The van der Waals surface area contributed by atoms with E-state index in [1.165, 1.54) is 42.6 Å². The number of carbonyl (C=O) groups is 6. The molecule has 5 aliphatic rings. The molecule has 0 radical (unpaired) electrons. The molecule has 15 nitrogen and oxygen atoms in total. The van der Waals surface area contributed by atoms with Gasteiger partial charge in [-0.05, 0) is 55.2 Å². The average molecular weight is 787 g/mol. The van der Waals surface area contributed by atoms with Crippen LogP contribution in [0.3, 0.4) is 0 Å². The van der Waals surface area contributed by atoms with Gasteiger partial charge in [-0.2, -0.15) is 5.10 Å². The molecular weight excluding hydrogens is 729 g/mol. The number of carbonyl (C=O) groups excluding carboxylic acids is 5. The summed E-state index contributed by atoms with van der Waals surface area (Å²) in [7, 11) is 1.84. The topological polar surface area (TPSA) is 188 Å². The number of nitrogens with one attached hydrogen (secondary N) is 3. The van der Waals surface area contributed by atoms with Crippen molar-refractivity contribution in [3.8, 4) is 0 Å². The predicted octanol–water partition coefficient (Wildman–Crippen LogP) is 5.34. The van der Waals surface area contributed by atoms with Crippen LogP contribution in [0.1, 0.15) is 104 Å². The van der Waals surface area contributed by atoms with Gasteiger partial charge in [0.1, 0.15) is 18.1 Å². The van der Waals surface area contributed by atoms with Gasteiger partial charge >= 0.3 is 6.09 Å². The Morgan fingerprint density at radius 2 is 1.49 bits per heavy atom. The molecule has 4 fully saturated rings. The maximum Gasteiger partial charge on any atom is 0.407 e. The fourth-order valence-electron chi connectivity index (χ4n) is 7.03. The van der Waals surface area contributed by atoms with Crippen molar-refractivity contribution in [3.63, 3.8) is 0 Å². The summed E-state index contributed by atoms with van der Waals surface area (Å²) >= 11 is 0. The standard InChI is InChI=1S/C26H26N4O5.C5H9NO2.C5H10.C4H7N3.C2H6/c31-14-9-17-1-3-18(4-2-17)16-28-10-12-29(13-11-28)19-5-6-20-21(15-19)26(35)30(25(20)34)22-7-8-23(32)27-24(22)33;1-4-2-3-6(4)5(7)8;1-2-4-5-3-1;1-5-4-2-3-6-7-4;1-2/h1-6,14-15,22H,7-13,16H2,(H,27,32,33);4H,2-3H2,1H3,(H,7,8);1-5H2;2-3H,1H3,(H2,5,6,7);1-2H3. The second kappa shape index (κ2) is 22.2. The van der Waals surface area contributed by atoms with Crippen LogP contribution in [0, 0.1) is 0 Å². The number of likely N-dealkylation sites (tertiary alicyclic amines) is 1. The number of carboxylic acid groups (broad SMARTS) is 1. The minimum atomic E-state index is -0.959. The van der Waals surface area contributed by atoms with Gasteiger partial charge in [0.2, 0.25) is 11.8 Å². The highest BCUT2D eigenvalue weighted by atomic mass is 16.4. The number of amides is 5. The van der Waals surface area contributed by atoms with Crippen molar-refractivity contribution in [1.29, 1.82) is 0 Å². The molecular formula is C42H58N8O7. The highest BCUT2D eigenvalue weighted by Crippen LogP contribution is 2.31. The summed E-state index contributed by atoms with van der Waals surface area (Å²) in [6, 6.07) is 14.5. The number of anilines is 2. The molecule has 5 heterocycles. The number of hydrogen-bond acceptors (Lipinski definition) is 10. The van der Waals surface area contributed by atoms with Crippen molar-refractivity contribution in [2.24, 2.45) is 0 Å². The number of aromatic amines is 1. The van der Waals surface area contributed by atoms with Crippen LogP contribution in [0.4, 0.5) is 16.3 Å². The SMILES string of the molecule is C1CCCC1.CC.CC1CCN1C(=O)O.CNc1ccn[nH]1.O=CCc1ccc(CN2CCN(c3ccc4c(c3)C(=O)N(C3CCC(=O)NC3=O)C4=O)CC2)cc1. The van der Waals surface area contributed by atoms with Crippen LogP contribution in [-0.2, 0) is 27.3 Å². The van der Waals surface area contributed by atoms with E-state index in [4.69, 9.17) is 5.11 Å². The van der Waals surface area contributed by atoms with E-state index in [0.717, 1.165) is 73.9 Å². The summed E-state index contributed by atoms with van der Waals surface area (Å²) in [4.78, 5) is 77.4. The third kappa shape index (κ3) is 12.2. The first kappa shape index (κ1) is 44.1. The summed E-state index contributed by atoms with van der Waals surface area (Å²) in [6.45, 7) is 10.7. The van der Waals surface area contributed by atoms with E-state index in [2.05, 4.69) is 42.8 Å². The second-order valence-corrected chi connectivity index (χ2v) is 14.2. The number of piperazine rings is 1. The Morgan fingerprint density at radius 3 is 1.96 bits per heavy atom. The smallest absolute Gasteiger partial charge is 0.407 e. The summed E-state index contributed by atoms with van der Waals surface area (Å²) in [5.41, 5.74) is 3.67. The molecule has 3 aromatic rings. The lowest BCUT2D eigenvalue weighted by molar-refractivity contribution is -0.136. The van der Waals surface area contributed by atoms with E-state index in [9.17, 15) is 28.8 Å². The predicted molar refractivity (Wildman–Crippen MR) is 218 cm³/mol. The van der Waals surface area contributed by atoms with Crippen LogP contribution >= 0.6 is 0 Å². The van der Waals surface area contributed by atoms with Crippen molar-refractivity contribution < 1.29 is 33.9 Å². The number of aromatic nitrogens is 2. The average Bonchev–Trinajstić information content (AvgIpc) is 4.02. The Hall–Kier alpha value is -5.57. The molecule has 4 N–H and O–H groups in total. The van der Waals surface area contributed by atoms with Crippen LogP contribution < -0.4 is 15.5 Å². The molecule has 57 heavy (non-hydrogen) atoms. The lowest BCUT2D eigenvalue weighted by Gasteiger charge is -2.36. The fourth-order valence-corrected chi connectivity index (χ4v) is 7.03. The van der Waals surface area contributed by atoms with Gasteiger partial charge in [-0.25, -0.2) is 4.79 Å². The van der Waals surface area contributed by atoms with Crippen molar-refractivity contribution in [2.45, 2.75) is 97.2 Å². The van der Waals surface area contributed by atoms with E-state index in [0.29, 0.717) is 17.5 Å². The van der Waals surface area contributed by atoms with Crippen molar-refractivity contribution in [1.82, 2.24) is 30.2 Å². The number of nitrogens with zero attached hydrogens (tertiary/aromatic N) is 5. The third-order valence-electron chi connectivity index (χ3n) is 10.5. The molecule has 4 aliphatic heterocycles. The zero-order valence-electron chi connectivity index (χ0n) is 33.7. The van der Waals surface area contributed by atoms with Gasteiger partial charge in [0.15, 0.2) is 0 Å². The highest BCUT2D eigenvalue weighted by molar-refractivity contribution is 6.23.